The van der Waals surface area contributed by atoms with Crippen LogP contribution in [0.5, 0.6) is 5.75 Å². The van der Waals surface area contributed by atoms with Gasteiger partial charge in [0.2, 0.25) is 5.69 Å². The first-order chi connectivity index (χ1) is 12.1. The van der Waals surface area contributed by atoms with Gasteiger partial charge < -0.3 is 43.7 Å². The molecular formula is C18H18IN3O4. The van der Waals surface area contributed by atoms with Crippen molar-refractivity contribution in [2.75, 3.05) is 0 Å². The first-order valence-corrected chi connectivity index (χ1v) is 7.66. The van der Waals surface area contributed by atoms with Crippen LogP contribution in [0.1, 0.15) is 11.5 Å². The molecule has 136 valence electrons. The highest BCUT2D eigenvalue weighted by atomic mass is 127. The van der Waals surface area contributed by atoms with Crippen LogP contribution in [-0.2, 0) is 25.0 Å². The molecule has 0 bridgehead atoms. The number of amides is 1. The summed E-state index contributed by atoms with van der Waals surface area (Å²) < 4.78 is 17.6. The number of nitrogens with zero attached hydrogens (tertiary/aromatic N) is 2. The molecule has 2 heterocycles. The second-order valence-corrected chi connectivity index (χ2v) is 5.40. The number of benzene rings is 1. The van der Waals surface area contributed by atoms with Gasteiger partial charge in [0.15, 0.2) is 25.2 Å². The first kappa shape index (κ1) is 19.7. The van der Waals surface area contributed by atoms with Crippen LogP contribution in [0.25, 0.3) is 11.3 Å². The highest BCUT2D eigenvalue weighted by molar-refractivity contribution is 5.64. The van der Waals surface area contributed by atoms with Crippen LogP contribution in [0.2, 0.25) is 0 Å². The number of ether oxygens (including phenoxy) is 2. The molecule has 0 aliphatic heterocycles. The van der Waals surface area contributed by atoms with E-state index in [-0.39, 0.29) is 30.6 Å². The van der Waals surface area contributed by atoms with Gasteiger partial charge >= 0.3 is 6.09 Å². The zero-order valence-corrected chi connectivity index (χ0v) is 16.3. The van der Waals surface area contributed by atoms with Crippen molar-refractivity contribution >= 4 is 6.09 Å². The van der Waals surface area contributed by atoms with E-state index in [9.17, 15) is 4.79 Å². The van der Waals surface area contributed by atoms with E-state index in [1.807, 2.05) is 60.3 Å². The summed E-state index contributed by atoms with van der Waals surface area (Å²) in [6.07, 6.45) is 1.12. The van der Waals surface area contributed by atoms with E-state index >= 15 is 0 Å². The van der Waals surface area contributed by atoms with Gasteiger partial charge in [0.1, 0.15) is 18.5 Å². The molecule has 0 spiro atoms. The van der Waals surface area contributed by atoms with E-state index in [1.165, 1.54) is 0 Å². The van der Waals surface area contributed by atoms with Crippen LogP contribution < -0.4 is 39.0 Å². The second-order valence-electron chi connectivity index (χ2n) is 5.40. The Bertz CT molecular complexity index is 865. The minimum absolute atomic E-state index is 0. The van der Waals surface area contributed by atoms with Crippen molar-refractivity contribution in [1.29, 1.82) is 0 Å². The van der Waals surface area contributed by atoms with E-state index in [1.54, 1.807) is 6.07 Å². The fourth-order valence-corrected chi connectivity index (χ4v) is 2.25. The van der Waals surface area contributed by atoms with Gasteiger partial charge in [-0.05, 0) is 30.3 Å². The Morgan fingerprint density at radius 2 is 1.96 bits per heavy atom. The fourth-order valence-electron chi connectivity index (χ4n) is 2.25. The molecule has 0 atom stereocenters. The van der Waals surface area contributed by atoms with E-state index in [0.717, 1.165) is 17.0 Å². The number of carbonyl (C=O) groups excluding carboxylic acids is 1. The molecule has 2 N–H and O–H groups in total. The summed E-state index contributed by atoms with van der Waals surface area (Å²) >= 11 is 0. The Hall–Kier alpha value is -2.62. The monoisotopic (exact) mass is 467 g/mol. The van der Waals surface area contributed by atoms with Gasteiger partial charge in [-0.25, -0.2) is 9.36 Å². The Morgan fingerprint density at radius 1 is 1.19 bits per heavy atom. The van der Waals surface area contributed by atoms with Crippen molar-refractivity contribution in [3.05, 3.63) is 66.2 Å². The van der Waals surface area contributed by atoms with Gasteiger partial charge in [-0.15, -0.1) is 0 Å². The van der Waals surface area contributed by atoms with Gasteiger partial charge in [0.05, 0.1) is 0 Å². The molecule has 3 rings (SSSR count). The van der Waals surface area contributed by atoms with Crippen molar-refractivity contribution < 1.29 is 47.3 Å². The Balaban J connectivity index is 0.00000243. The molecule has 3 aromatic rings. The number of aromatic nitrogens is 2. The zero-order valence-electron chi connectivity index (χ0n) is 14.1. The number of rotatable bonds is 6. The third-order valence-electron chi connectivity index (χ3n) is 3.61. The molecule has 1 aromatic carbocycles. The molecule has 7 nitrogen and oxygen atoms in total. The van der Waals surface area contributed by atoms with Crippen molar-refractivity contribution in [2.45, 2.75) is 13.2 Å². The first-order valence-electron chi connectivity index (χ1n) is 7.66. The Morgan fingerprint density at radius 3 is 2.65 bits per heavy atom. The fraction of sp³-hybridized carbons (Fsp3) is 0.167. The van der Waals surface area contributed by atoms with Crippen LogP contribution in [0, 0.1) is 0 Å². The van der Waals surface area contributed by atoms with E-state index in [4.69, 9.17) is 15.0 Å². The number of aryl methyl sites for hydroxylation is 1. The van der Waals surface area contributed by atoms with E-state index < -0.39 is 6.09 Å². The maximum Gasteiger partial charge on any atom is 0.404 e. The van der Waals surface area contributed by atoms with Crippen molar-refractivity contribution in [3.63, 3.8) is 0 Å². The summed E-state index contributed by atoms with van der Waals surface area (Å²) in [6.45, 7) is 0.437. The number of pyridine rings is 1. The van der Waals surface area contributed by atoms with Crippen molar-refractivity contribution in [3.8, 4) is 17.0 Å². The summed E-state index contributed by atoms with van der Waals surface area (Å²) in [5, 5.41) is 3.95. The molecule has 0 unspecified atom stereocenters. The molecule has 0 aliphatic rings. The molecule has 0 saturated carbocycles. The van der Waals surface area contributed by atoms with Crippen molar-refractivity contribution in [1.82, 2.24) is 5.16 Å². The lowest BCUT2D eigenvalue weighted by Crippen LogP contribution is -3.00. The molecular weight excluding hydrogens is 449 g/mol. The number of carbonyl (C=O) groups is 1. The third-order valence-corrected chi connectivity index (χ3v) is 3.61. The molecule has 0 radical (unpaired) electrons. The smallest absolute Gasteiger partial charge is 0.404 e. The molecule has 26 heavy (non-hydrogen) atoms. The number of primary amides is 1. The van der Waals surface area contributed by atoms with Gasteiger partial charge in [-0.1, -0.05) is 5.16 Å². The average Bonchev–Trinajstić information content (AvgIpc) is 3.09. The molecule has 0 saturated heterocycles. The molecule has 2 aromatic heterocycles. The Kier molecular flexibility index (Phi) is 6.96. The summed E-state index contributed by atoms with van der Waals surface area (Å²) in [5.74, 6) is 1.18. The predicted octanol–water partition coefficient (Wildman–Crippen LogP) is -0.656. The van der Waals surface area contributed by atoms with Crippen LogP contribution in [0.4, 0.5) is 4.79 Å². The molecule has 0 aliphatic carbocycles. The number of nitrogens with two attached hydrogens (primary N) is 1. The zero-order chi connectivity index (χ0) is 17.6. The maximum atomic E-state index is 10.6. The number of halogens is 1. The van der Waals surface area contributed by atoms with Gasteiger partial charge in [0, 0.05) is 23.8 Å². The van der Waals surface area contributed by atoms with E-state index in [0.29, 0.717) is 18.1 Å². The normalized spacial score (nSPS) is 10.0. The number of hydrogen-bond acceptors (Lipinski definition) is 5. The van der Waals surface area contributed by atoms with E-state index in [2.05, 4.69) is 9.89 Å². The summed E-state index contributed by atoms with van der Waals surface area (Å²) in [4.78, 5) is 10.6. The highest BCUT2D eigenvalue weighted by Gasteiger charge is 2.09. The quantitative estimate of drug-likeness (QED) is 0.384. The summed E-state index contributed by atoms with van der Waals surface area (Å²) in [6, 6.07) is 15.2. The van der Waals surface area contributed by atoms with Crippen molar-refractivity contribution in [2.24, 2.45) is 12.8 Å². The standard InChI is InChI=1S/C18H17N3O4.HI/c1-21-9-3-2-4-14(21)11-23-15-7-5-13(6-8-15)17-10-16(25-20-17)12-24-18(19)22;/h2-10H,11-12H2,1H3,(H-,19,22);1H. The molecule has 1 amide bonds. The minimum Gasteiger partial charge on any atom is -1.00 e. The second kappa shape index (κ2) is 9.18. The van der Waals surface area contributed by atoms with Gasteiger partial charge in [-0.2, -0.15) is 0 Å². The maximum absolute atomic E-state index is 10.6. The molecule has 0 fully saturated rings. The van der Waals surface area contributed by atoms with Gasteiger partial charge in [-0.3, -0.25) is 0 Å². The van der Waals surface area contributed by atoms with Crippen LogP contribution in [0.15, 0.2) is 59.3 Å². The van der Waals surface area contributed by atoms with Crippen LogP contribution in [-0.4, -0.2) is 11.2 Å². The highest BCUT2D eigenvalue weighted by Crippen LogP contribution is 2.23. The lowest BCUT2D eigenvalue weighted by Gasteiger charge is -2.05. The SMILES string of the molecule is C[n+]1ccccc1COc1ccc(-c2cc(COC(N)=O)on2)cc1.[I-]. The summed E-state index contributed by atoms with van der Waals surface area (Å²) in [5.41, 5.74) is 7.50. The lowest BCUT2D eigenvalue weighted by atomic mass is 10.1. The Labute approximate surface area is 167 Å². The lowest BCUT2D eigenvalue weighted by molar-refractivity contribution is -0.680. The third kappa shape index (κ3) is 5.19. The number of hydrogen-bond donors (Lipinski definition) is 1. The largest absolute Gasteiger partial charge is 1.00 e. The van der Waals surface area contributed by atoms with Crippen LogP contribution >= 0.6 is 0 Å². The molecule has 8 heteroatoms. The predicted molar refractivity (Wildman–Crippen MR) is 88.3 cm³/mol. The van der Waals surface area contributed by atoms with Gasteiger partial charge in [0.25, 0.3) is 0 Å². The topological polar surface area (TPSA) is 91.5 Å². The summed E-state index contributed by atoms with van der Waals surface area (Å²) in [7, 11) is 1.98. The van der Waals surface area contributed by atoms with Crippen LogP contribution in [0.3, 0.4) is 0 Å². The average molecular weight is 467 g/mol. The minimum atomic E-state index is -0.855.